The summed E-state index contributed by atoms with van der Waals surface area (Å²) in [5.41, 5.74) is 3.23. The van der Waals surface area contributed by atoms with Crippen LogP contribution in [0.25, 0.3) is 0 Å². The Morgan fingerprint density at radius 1 is 1.10 bits per heavy atom. The highest BCUT2D eigenvalue weighted by atomic mass is 16.5. The van der Waals surface area contributed by atoms with Crippen molar-refractivity contribution in [3.8, 4) is 17.2 Å². The molecule has 3 rings (SSSR count). The number of rotatable bonds is 7. The van der Waals surface area contributed by atoms with Gasteiger partial charge in [-0.15, -0.1) is 0 Å². The topological polar surface area (TPSA) is 48.0 Å². The number of ether oxygens (including phenoxy) is 3. The van der Waals surface area contributed by atoms with Crippen LogP contribution in [0.5, 0.6) is 17.2 Å². The molecule has 0 aromatic heterocycles. The molecule has 1 aliphatic heterocycles. The van der Waals surface area contributed by atoms with Gasteiger partial charge in [0.25, 0.3) is 5.91 Å². The normalized spacial score (nSPS) is 16.2. The smallest absolute Gasteiger partial charge is 0.261 e. The summed E-state index contributed by atoms with van der Waals surface area (Å²) < 4.78 is 16.9. The van der Waals surface area contributed by atoms with Crippen molar-refractivity contribution in [3.63, 3.8) is 0 Å². The van der Waals surface area contributed by atoms with Crippen LogP contribution in [0.15, 0.2) is 36.4 Å². The van der Waals surface area contributed by atoms with Gasteiger partial charge in [0.05, 0.1) is 20.3 Å². The van der Waals surface area contributed by atoms with Crippen LogP contribution < -0.4 is 14.2 Å². The van der Waals surface area contributed by atoms with Crippen LogP contribution in [0.3, 0.4) is 0 Å². The van der Waals surface area contributed by atoms with E-state index in [0.29, 0.717) is 5.92 Å². The third-order valence-electron chi connectivity index (χ3n) is 5.51. The summed E-state index contributed by atoms with van der Waals surface area (Å²) >= 11 is 0. The van der Waals surface area contributed by atoms with E-state index in [1.807, 2.05) is 36.1 Å². The molecule has 5 heteroatoms. The fraction of sp³-hybridized carbons (Fsp3) is 0.458. The molecule has 5 nitrogen and oxygen atoms in total. The molecule has 156 valence electrons. The molecule has 29 heavy (non-hydrogen) atoms. The number of carbonyl (C=O) groups is 1. The maximum atomic E-state index is 13.1. The second-order valence-electron chi connectivity index (χ2n) is 7.84. The van der Waals surface area contributed by atoms with Crippen molar-refractivity contribution >= 4 is 5.91 Å². The highest BCUT2D eigenvalue weighted by molar-refractivity contribution is 5.79. The average molecular weight is 398 g/mol. The van der Waals surface area contributed by atoms with Crippen LogP contribution in [0.4, 0.5) is 0 Å². The van der Waals surface area contributed by atoms with Gasteiger partial charge in [0.1, 0.15) is 17.2 Å². The molecule has 2 aromatic rings. The molecule has 0 radical (unpaired) electrons. The summed E-state index contributed by atoms with van der Waals surface area (Å²) in [6, 6.07) is 11.9. The molecule has 1 atom stereocenters. The van der Waals surface area contributed by atoms with E-state index < -0.39 is 0 Å². The van der Waals surface area contributed by atoms with Crippen molar-refractivity contribution in [1.29, 1.82) is 0 Å². The van der Waals surface area contributed by atoms with Gasteiger partial charge in [-0.25, -0.2) is 0 Å². The number of nitrogens with zero attached hydrogens (tertiary/aromatic N) is 1. The lowest BCUT2D eigenvalue weighted by atomic mass is 10.0. The molecule has 0 saturated carbocycles. The SMILES string of the molecule is COc1ccc(OC)c([C@@H]2CCCN2C(=O)COc2cc(C)ccc2C(C)C)c1. The van der Waals surface area contributed by atoms with Crippen LogP contribution >= 0.6 is 0 Å². The number of likely N-dealkylation sites (tertiary alicyclic amines) is 1. The molecule has 1 saturated heterocycles. The maximum absolute atomic E-state index is 13.1. The Labute approximate surface area is 173 Å². The van der Waals surface area contributed by atoms with Gasteiger partial charge in [-0.05, 0) is 61.1 Å². The summed E-state index contributed by atoms with van der Waals surface area (Å²) in [6.45, 7) is 7.05. The molecular formula is C24H31NO4. The fourth-order valence-corrected chi connectivity index (χ4v) is 3.95. The largest absolute Gasteiger partial charge is 0.497 e. The number of carbonyl (C=O) groups excluding carboxylic acids is 1. The van der Waals surface area contributed by atoms with Crippen LogP contribution in [-0.4, -0.2) is 38.2 Å². The van der Waals surface area contributed by atoms with Crippen molar-refractivity contribution in [2.24, 2.45) is 0 Å². The molecule has 0 aliphatic carbocycles. The van der Waals surface area contributed by atoms with Gasteiger partial charge in [-0.3, -0.25) is 4.79 Å². The highest BCUT2D eigenvalue weighted by Gasteiger charge is 2.32. The lowest BCUT2D eigenvalue weighted by molar-refractivity contribution is -0.134. The Balaban J connectivity index is 1.77. The van der Waals surface area contributed by atoms with E-state index in [-0.39, 0.29) is 18.6 Å². The van der Waals surface area contributed by atoms with Gasteiger partial charge in [-0.2, -0.15) is 0 Å². The second kappa shape index (κ2) is 9.21. The Kier molecular flexibility index (Phi) is 6.68. The zero-order valence-electron chi connectivity index (χ0n) is 18.0. The van der Waals surface area contributed by atoms with Gasteiger partial charge < -0.3 is 19.1 Å². The zero-order chi connectivity index (χ0) is 21.0. The first-order valence-electron chi connectivity index (χ1n) is 10.2. The summed E-state index contributed by atoms with van der Waals surface area (Å²) in [6.07, 6.45) is 1.86. The quantitative estimate of drug-likeness (QED) is 0.668. The molecule has 0 N–H and O–H groups in total. The molecule has 1 amide bonds. The number of methoxy groups -OCH3 is 2. The third-order valence-corrected chi connectivity index (χ3v) is 5.51. The maximum Gasteiger partial charge on any atom is 0.261 e. The van der Waals surface area contributed by atoms with Crippen molar-refractivity contribution in [1.82, 2.24) is 4.90 Å². The predicted molar refractivity (Wildman–Crippen MR) is 114 cm³/mol. The van der Waals surface area contributed by atoms with E-state index >= 15 is 0 Å². The Morgan fingerprint density at radius 2 is 1.90 bits per heavy atom. The molecular weight excluding hydrogens is 366 g/mol. The Bertz CT molecular complexity index is 862. The average Bonchev–Trinajstić information content (AvgIpc) is 3.21. The second-order valence-corrected chi connectivity index (χ2v) is 7.84. The summed E-state index contributed by atoms with van der Waals surface area (Å²) in [4.78, 5) is 15.0. The number of aryl methyl sites for hydroxylation is 1. The Morgan fingerprint density at radius 3 is 2.59 bits per heavy atom. The molecule has 0 spiro atoms. The Hall–Kier alpha value is -2.69. The minimum Gasteiger partial charge on any atom is -0.497 e. The first kappa shape index (κ1) is 21.0. The molecule has 0 unspecified atom stereocenters. The van der Waals surface area contributed by atoms with Crippen molar-refractivity contribution in [2.75, 3.05) is 27.4 Å². The van der Waals surface area contributed by atoms with Gasteiger partial charge in [-0.1, -0.05) is 26.0 Å². The number of hydrogen-bond donors (Lipinski definition) is 0. The first-order valence-corrected chi connectivity index (χ1v) is 10.2. The van der Waals surface area contributed by atoms with E-state index in [9.17, 15) is 4.79 Å². The van der Waals surface area contributed by atoms with Gasteiger partial charge >= 0.3 is 0 Å². The molecule has 0 bridgehead atoms. The predicted octanol–water partition coefficient (Wildman–Crippen LogP) is 4.88. The standard InChI is InChI=1S/C24H31NO4/c1-16(2)19-10-8-17(3)13-23(19)29-15-24(26)25-12-6-7-21(25)20-14-18(27-4)9-11-22(20)28-5/h8-11,13-14,16,21H,6-7,12,15H2,1-5H3/t21-/m0/s1. The minimum atomic E-state index is -0.0294. The number of hydrogen-bond acceptors (Lipinski definition) is 4. The van der Waals surface area contributed by atoms with Gasteiger partial charge in [0, 0.05) is 12.1 Å². The third kappa shape index (κ3) is 4.66. The van der Waals surface area contributed by atoms with Gasteiger partial charge in [0.15, 0.2) is 6.61 Å². The van der Waals surface area contributed by atoms with Crippen molar-refractivity contribution in [2.45, 2.75) is 45.6 Å². The lowest BCUT2D eigenvalue weighted by Crippen LogP contribution is -2.34. The molecule has 1 fully saturated rings. The highest BCUT2D eigenvalue weighted by Crippen LogP contribution is 2.39. The van der Waals surface area contributed by atoms with Crippen LogP contribution in [0, 0.1) is 6.92 Å². The monoisotopic (exact) mass is 397 g/mol. The van der Waals surface area contributed by atoms with Gasteiger partial charge in [0.2, 0.25) is 0 Å². The van der Waals surface area contributed by atoms with E-state index in [4.69, 9.17) is 14.2 Å². The van der Waals surface area contributed by atoms with E-state index in [0.717, 1.165) is 53.3 Å². The summed E-state index contributed by atoms with van der Waals surface area (Å²) in [5, 5.41) is 0. The lowest BCUT2D eigenvalue weighted by Gasteiger charge is -2.27. The van der Waals surface area contributed by atoms with Crippen LogP contribution in [0.2, 0.25) is 0 Å². The number of benzene rings is 2. The zero-order valence-corrected chi connectivity index (χ0v) is 18.0. The van der Waals surface area contributed by atoms with Crippen LogP contribution in [-0.2, 0) is 4.79 Å². The van der Waals surface area contributed by atoms with E-state index in [1.54, 1.807) is 14.2 Å². The fourth-order valence-electron chi connectivity index (χ4n) is 3.95. The molecule has 1 heterocycles. The molecule has 2 aromatic carbocycles. The first-order chi connectivity index (χ1) is 13.9. The molecule has 1 aliphatic rings. The van der Waals surface area contributed by atoms with E-state index in [2.05, 4.69) is 26.0 Å². The van der Waals surface area contributed by atoms with Crippen LogP contribution in [0.1, 0.15) is 55.3 Å². The minimum absolute atomic E-state index is 0.00594. The summed E-state index contributed by atoms with van der Waals surface area (Å²) in [7, 11) is 3.30. The van der Waals surface area contributed by atoms with Crippen molar-refractivity contribution < 1.29 is 19.0 Å². The number of amides is 1. The van der Waals surface area contributed by atoms with E-state index in [1.165, 1.54) is 0 Å². The van der Waals surface area contributed by atoms with Crippen molar-refractivity contribution in [3.05, 3.63) is 53.1 Å². The summed E-state index contributed by atoms with van der Waals surface area (Å²) in [5.74, 6) is 2.66.